The Hall–Kier alpha value is -3.03. The molecule has 0 aliphatic carbocycles. The van der Waals surface area contributed by atoms with Gasteiger partial charge in [-0.1, -0.05) is 11.3 Å². The van der Waals surface area contributed by atoms with Crippen LogP contribution in [0.15, 0.2) is 24.5 Å². The molecule has 2 aromatic heterocycles. The molecule has 196 valence electrons. The summed E-state index contributed by atoms with van der Waals surface area (Å²) in [5, 5.41) is 6.00. The smallest absolute Gasteiger partial charge is 0.321 e. The zero-order valence-corrected chi connectivity index (χ0v) is 23.3. The van der Waals surface area contributed by atoms with Crippen LogP contribution in [0.4, 0.5) is 21.6 Å². The Morgan fingerprint density at radius 3 is 2.31 bits per heavy atom. The topological polar surface area (TPSA) is 132 Å². The highest BCUT2D eigenvalue weighted by Crippen LogP contribution is 2.38. The van der Waals surface area contributed by atoms with Crippen molar-refractivity contribution in [3.05, 3.63) is 24.5 Å². The summed E-state index contributed by atoms with van der Waals surface area (Å²) in [7, 11) is 2.42. The number of likely N-dealkylation sites (N-methyl/N-ethyl adjacent to an activating group) is 2. The van der Waals surface area contributed by atoms with Crippen molar-refractivity contribution in [2.75, 3.05) is 55.7 Å². The van der Waals surface area contributed by atoms with Crippen LogP contribution in [0.3, 0.4) is 0 Å². The van der Waals surface area contributed by atoms with Gasteiger partial charge in [-0.15, -0.1) is 0 Å². The van der Waals surface area contributed by atoms with Gasteiger partial charge < -0.3 is 15.1 Å². The summed E-state index contributed by atoms with van der Waals surface area (Å²) in [5.74, 6) is 0.0140. The van der Waals surface area contributed by atoms with Crippen molar-refractivity contribution < 1.29 is 13.2 Å². The van der Waals surface area contributed by atoms with E-state index in [0.29, 0.717) is 17.2 Å². The number of anilines is 3. The molecule has 13 heteroatoms. The van der Waals surface area contributed by atoms with Gasteiger partial charge in [-0.3, -0.25) is 10.0 Å². The maximum Gasteiger partial charge on any atom is 0.321 e. The lowest BCUT2D eigenvalue weighted by Gasteiger charge is -2.23. The fraction of sp³-hybridized carbons (Fsp3) is 0.478. The Morgan fingerprint density at radius 2 is 1.72 bits per heavy atom. The van der Waals surface area contributed by atoms with Crippen LogP contribution in [-0.2, 0) is 10.0 Å². The average Bonchev–Trinajstić information content (AvgIpc) is 3.18. The lowest BCUT2D eigenvalue weighted by molar-refractivity contribution is 0.252. The molecule has 2 heterocycles. The summed E-state index contributed by atoms with van der Waals surface area (Å²) in [6.07, 6.45) is 3.16. The molecule has 1 aromatic carbocycles. The molecule has 2 amide bonds. The van der Waals surface area contributed by atoms with Crippen LogP contribution in [0.5, 0.6) is 0 Å². The molecule has 0 atom stereocenters. The van der Waals surface area contributed by atoms with E-state index in [-0.39, 0.29) is 12.0 Å². The quantitative estimate of drug-likeness (QED) is 0.380. The standard InChI is InChI=1S/C23H34N8O3S2/c1-8-24-21(32)28-22-27-17-11-15(12-18(19(17)35-22)31(7)10-9-30(5)6)16-13-25-20(26-14-16)29-36(33,34)23(2,3)4/h11-14H,8-10H2,1-7H3,(H,25,26,29)(H2,24,27,28,32). The van der Waals surface area contributed by atoms with Crippen LogP contribution in [0, 0.1) is 0 Å². The normalized spacial score (nSPS) is 12.1. The molecule has 0 spiro atoms. The number of hydrogen-bond donors (Lipinski definition) is 3. The number of aromatic nitrogens is 3. The van der Waals surface area contributed by atoms with Gasteiger partial charge in [-0.2, -0.15) is 0 Å². The first-order chi connectivity index (χ1) is 16.8. The summed E-state index contributed by atoms with van der Waals surface area (Å²) < 4.78 is 27.3. The second-order valence-electron chi connectivity index (χ2n) is 9.59. The third-order valence-corrected chi connectivity index (χ3v) is 8.41. The molecule has 3 rings (SSSR count). The van der Waals surface area contributed by atoms with Crippen molar-refractivity contribution in [3.63, 3.8) is 0 Å². The fourth-order valence-electron chi connectivity index (χ4n) is 3.09. The number of nitrogens with zero attached hydrogens (tertiary/aromatic N) is 5. The lowest BCUT2D eigenvalue weighted by Crippen LogP contribution is -2.34. The molecule has 0 radical (unpaired) electrons. The zero-order chi connectivity index (χ0) is 26.7. The molecule has 0 unspecified atom stereocenters. The summed E-state index contributed by atoms with van der Waals surface area (Å²) in [4.78, 5) is 29.4. The first-order valence-corrected chi connectivity index (χ1v) is 13.8. The summed E-state index contributed by atoms with van der Waals surface area (Å²) >= 11 is 1.41. The van der Waals surface area contributed by atoms with Crippen molar-refractivity contribution >= 4 is 54.4 Å². The van der Waals surface area contributed by atoms with Gasteiger partial charge in [-0.25, -0.2) is 28.2 Å². The van der Waals surface area contributed by atoms with E-state index in [2.05, 4.69) is 40.1 Å². The van der Waals surface area contributed by atoms with E-state index >= 15 is 0 Å². The number of benzene rings is 1. The van der Waals surface area contributed by atoms with Crippen LogP contribution in [-0.4, -0.2) is 79.8 Å². The summed E-state index contributed by atoms with van der Waals surface area (Å²) in [6, 6.07) is 3.64. The van der Waals surface area contributed by atoms with Gasteiger partial charge in [0.15, 0.2) is 5.13 Å². The highest BCUT2D eigenvalue weighted by molar-refractivity contribution is 7.94. The fourth-order valence-corrected chi connectivity index (χ4v) is 4.76. The molecule has 0 saturated carbocycles. The van der Waals surface area contributed by atoms with Gasteiger partial charge in [0.05, 0.1) is 20.7 Å². The van der Waals surface area contributed by atoms with Gasteiger partial charge in [0.2, 0.25) is 16.0 Å². The highest BCUT2D eigenvalue weighted by Gasteiger charge is 2.29. The van der Waals surface area contributed by atoms with Crippen LogP contribution in [0.2, 0.25) is 0 Å². The van der Waals surface area contributed by atoms with Crippen molar-refractivity contribution in [3.8, 4) is 11.1 Å². The predicted molar refractivity (Wildman–Crippen MR) is 147 cm³/mol. The van der Waals surface area contributed by atoms with Crippen LogP contribution < -0.4 is 20.3 Å². The van der Waals surface area contributed by atoms with Crippen LogP contribution in [0.25, 0.3) is 21.3 Å². The molecule has 11 nitrogen and oxygen atoms in total. The number of carbonyl (C=O) groups is 1. The van der Waals surface area contributed by atoms with Crippen molar-refractivity contribution in [1.82, 2.24) is 25.2 Å². The molecule has 0 saturated heterocycles. The minimum absolute atomic E-state index is 0.0140. The third kappa shape index (κ3) is 6.59. The summed E-state index contributed by atoms with van der Waals surface area (Å²) in [6.45, 7) is 8.83. The first kappa shape index (κ1) is 27.6. The van der Waals surface area contributed by atoms with E-state index < -0.39 is 14.8 Å². The Morgan fingerprint density at radius 1 is 1.06 bits per heavy atom. The largest absolute Gasteiger partial charge is 0.372 e. The Labute approximate surface area is 216 Å². The Kier molecular flexibility index (Phi) is 8.37. The van der Waals surface area contributed by atoms with Crippen LogP contribution >= 0.6 is 11.3 Å². The van der Waals surface area contributed by atoms with Gasteiger partial charge in [0.25, 0.3) is 0 Å². The minimum atomic E-state index is -3.63. The number of fused-ring (bicyclic) bond motifs is 1. The molecule has 0 fully saturated rings. The molecule has 0 aliphatic rings. The van der Waals surface area contributed by atoms with Crippen molar-refractivity contribution in [1.29, 1.82) is 0 Å². The van der Waals surface area contributed by atoms with Crippen LogP contribution in [0.1, 0.15) is 27.7 Å². The molecule has 36 heavy (non-hydrogen) atoms. The number of amides is 2. The lowest BCUT2D eigenvalue weighted by atomic mass is 10.1. The van der Waals surface area contributed by atoms with E-state index in [9.17, 15) is 13.2 Å². The number of nitrogens with one attached hydrogen (secondary N) is 3. The molecular weight excluding hydrogens is 500 g/mol. The molecule has 3 N–H and O–H groups in total. The number of thiazole rings is 1. The van der Waals surface area contributed by atoms with E-state index in [4.69, 9.17) is 0 Å². The molecule has 0 aliphatic heterocycles. The monoisotopic (exact) mass is 534 g/mol. The third-order valence-electron chi connectivity index (χ3n) is 5.34. The average molecular weight is 535 g/mol. The molecule has 3 aromatic rings. The minimum Gasteiger partial charge on any atom is -0.372 e. The van der Waals surface area contributed by atoms with E-state index in [1.165, 1.54) is 11.3 Å². The second kappa shape index (κ2) is 10.9. The van der Waals surface area contributed by atoms with Crippen molar-refractivity contribution in [2.45, 2.75) is 32.4 Å². The first-order valence-electron chi connectivity index (χ1n) is 11.5. The van der Waals surface area contributed by atoms with E-state index in [1.807, 2.05) is 40.2 Å². The van der Waals surface area contributed by atoms with Gasteiger partial charge in [0, 0.05) is 44.6 Å². The maximum atomic E-state index is 12.4. The highest BCUT2D eigenvalue weighted by atomic mass is 32.2. The molecular formula is C23H34N8O3S2. The van der Waals surface area contributed by atoms with E-state index in [0.717, 1.165) is 34.6 Å². The van der Waals surface area contributed by atoms with Gasteiger partial charge in [0.1, 0.15) is 0 Å². The predicted octanol–water partition coefficient (Wildman–Crippen LogP) is 3.43. The number of hydrogen-bond acceptors (Lipinski definition) is 9. The van der Waals surface area contributed by atoms with Gasteiger partial charge in [-0.05, 0) is 59.5 Å². The Balaban J connectivity index is 1.99. The van der Waals surface area contributed by atoms with E-state index in [1.54, 1.807) is 33.2 Å². The maximum absolute atomic E-state index is 12.4. The Bertz CT molecular complexity index is 1320. The summed E-state index contributed by atoms with van der Waals surface area (Å²) in [5.41, 5.74) is 3.23. The number of carbonyl (C=O) groups excluding carboxylic acids is 1. The van der Waals surface area contributed by atoms with Gasteiger partial charge >= 0.3 is 6.03 Å². The zero-order valence-electron chi connectivity index (χ0n) is 21.7. The number of sulfonamides is 1. The molecule has 0 bridgehead atoms. The van der Waals surface area contributed by atoms with Crippen molar-refractivity contribution in [2.24, 2.45) is 0 Å². The number of urea groups is 1. The second-order valence-corrected chi connectivity index (χ2v) is 13.0. The number of rotatable bonds is 9. The SMILES string of the molecule is CCNC(=O)Nc1nc2cc(-c3cnc(NS(=O)(=O)C(C)(C)C)nc3)cc(N(C)CCN(C)C)c2s1.